The van der Waals surface area contributed by atoms with E-state index in [4.69, 9.17) is 16.0 Å². The van der Waals surface area contributed by atoms with Crippen molar-refractivity contribution in [3.05, 3.63) is 86.6 Å². The van der Waals surface area contributed by atoms with Gasteiger partial charge in [0.2, 0.25) is 0 Å². The van der Waals surface area contributed by atoms with Crippen LogP contribution >= 0.6 is 11.6 Å². The fourth-order valence-corrected chi connectivity index (χ4v) is 3.33. The molecule has 160 valence electrons. The van der Waals surface area contributed by atoms with Gasteiger partial charge in [0.25, 0.3) is 17.5 Å². The number of aryl methyl sites for hydroxylation is 1. The third kappa shape index (κ3) is 3.88. The Morgan fingerprint density at radius 2 is 1.78 bits per heavy atom. The topological polar surface area (TPSA) is 123 Å². The summed E-state index contributed by atoms with van der Waals surface area (Å²) in [6, 6.07) is 12.8. The number of furan rings is 1. The van der Waals surface area contributed by atoms with E-state index in [0.717, 1.165) is 10.5 Å². The van der Waals surface area contributed by atoms with Gasteiger partial charge < -0.3 is 4.42 Å². The highest BCUT2D eigenvalue weighted by Crippen LogP contribution is 2.34. The van der Waals surface area contributed by atoms with Gasteiger partial charge in [-0.1, -0.05) is 29.3 Å². The van der Waals surface area contributed by atoms with E-state index >= 15 is 0 Å². The van der Waals surface area contributed by atoms with Crippen LogP contribution in [0.25, 0.3) is 17.4 Å². The van der Waals surface area contributed by atoms with Crippen molar-refractivity contribution in [2.45, 2.75) is 6.92 Å². The van der Waals surface area contributed by atoms with Crippen LogP contribution in [0, 0.1) is 17.0 Å². The summed E-state index contributed by atoms with van der Waals surface area (Å²) < 4.78 is 5.62. The molecule has 4 amide bonds. The highest BCUT2D eigenvalue weighted by atomic mass is 35.5. The van der Waals surface area contributed by atoms with Crippen molar-refractivity contribution >= 4 is 46.9 Å². The SMILES string of the molecule is Cc1ccc(N2C(=O)NC(=O)/C(=C\c3ccc(-c4ccc(Cl)cc4[N+](=O)[O-])o3)C2=O)cc1. The average molecular weight is 452 g/mol. The molecule has 3 aromatic rings. The second-order valence-electron chi connectivity index (χ2n) is 6.91. The zero-order chi connectivity index (χ0) is 23.0. The molecule has 1 aliphatic rings. The average Bonchev–Trinajstić information content (AvgIpc) is 3.20. The van der Waals surface area contributed by atoms with Crippen LogP contribution in [-0.2, 0) is 9.59 Å². The number of carbonyl (C=O) groups is 3. The first kappa shape index (κ1) is 21.0. The maximum Gasteiger partial charge on any atom is 0.335 e. The zero-order valence-corrected chi connectivity index (χ0v) is 17.3. The number of nitro benzene ring substituents is 1. The van der Waals surface area contributed by atoms with Gasteiger partial charge >= 0.3 is 6.03 Å². The Kier molecular flexibility index (Phi) is 5.33. The number of hydrogen-bond donors (Lipinski definition) is 1. The number of imide groups is 2. The molecular formula is C22H14ClN3O6. The van der Waals surface area contributed by atoms with Crippen molar-refractivity contribution in [1.82, 2.24) is 5.32 Å². The van der Waals surface area contributed by atoms with E-state index in [0.29, 0.717) is 5.69 Å². The fourth-order valence-electron chi connectivity index (χ4n) is 3.17. The molecule has 4 rings (SSSR count). The van der Waals surface area contributed by atoms with Crippen LogP contribution in [-0.4, -0.2) is 22.8 Å². The molecule has 1 aromatic heterocycles. The third-order valence-corrected chi connectivity index (χ3v) is 4.96. The molecule has 0 aliphatic carbocycles. The summed E-state index contributed by atoms with van der Waals surface area (Å²) >= 11 is 5.84. The molecule has 0 spiro atoms. The molecule has 1 saturated heterocycles. The van der Waals surface area contributed by atoms with Crippen molar-refractivity contribution < 1.29 is 23.7 Å². The summed E-state index contributed by atoms with van der Waals surface area (Å²) in [5.41, 5.74) is 0.837. The number of nitrogens with zero attached hydrogens (tertiary/aromatic N) is 2. The van der Waals surface area contributed by atoms with Crippen molar-refractivity contribution in [2.75, 3.05) is 4.90 Å². The van der Waals surface area contributed by atoms with Crippen molar-refractivity contribution in [2.24, 2.45) is 0 Å². The van der Waals surface area contributed by atoms with Gasteiger partial charge in [-0.2, -0.15) is 0 Å². The molecule has 2 aromatic carbocycles. The molecule has 1 fully saturated rings. The summed E-state index contributed by atoms with van der Waals surface area (Å²) in [5, 5.41) is 13.7. The van der Waals surface area contributed by atoms with E-state index in [2.05, 4.69) is 5.32 Å². The molecule has 10 heteroatoms. The Balaban J connectivity index is 1.70. The van der Waals surface area contributed by atoms with Crippen LogP contribution in [0.2, 0.25) is 5.02 Å². The minimum Gasteiger partial charge on any atom is -0.456 e. The highest BCUT2D eigenvalue weighted by Gasteiger charge is 2.37. The second kappa shape index (κ2) is 8.12. The number of carbonyl (C=O) groups excluding carboxylic acids is 3. The third-order valence-electron chi connectivity index (χ3n) is 4.73. The number of halogens is 1. The van der Waals surface area contributed by atoms with E-state index in [1.807, 2.05) is 6.92 Å². The molecule has 2 heterocycles. The summed E-state index contributed by atoms with van der Waals surface area (Å²) in [4.78, 5) is 49.1. The lowest BCUT2D eigenvalue weighted by atomic mass is 10.1. The Bertz CT molecular complexity index is 1310. The molecule has 1 N–H and O–H groups in total. The van der Waals surface area contributed by atoms with Gasteiger partial charge in [0.05, 0.1) is 16.2 Å². The Hall–Kier alpha value is -4.24. The predicted molar refractivity (Wildman–Crippen MR) is 116 cm³/mol. The smallest absolute Gasteiger partial charge is 0.335 e. The van der Waals surface area contributed by atoms with Crippen LogP contribution < -0.4 is 10.2 Å². The van der Waals surface area contributed by atoms with E-state index in [9.17, 15) is 24.5 Å². The molecule has 0 radical (unpaired) electrons. The Morgan fingerprint density at radius 1 is 1.06 bits per heavy atom. The van der Waals surface area contributed by atoms with Crippen LogP contribution in [0.3, 0.4) is 0 Å². The molecule has 0 unspecified atom stereocenters. The van der Waals surface area contributed by atoms with E-state index in [-0.39, 0.29) is 33.4 Å². The lowest BCUT2D eigenvalue weighted by Gasteiger charge is -2.26. The molecule has 1 aliphatic heterocycles. The maximum atomic E-state index is 12.9. The summed E-state index contributed by atoms with van der Waals surface area (Å²) in [6.45, 7) is 1.86. The predicted octanol–water partition coefficient (Wildman–Crippen LogP) is 4.48. The Labute approximate surface area is 186 Å². The summed E-state index contributed by atoms with van der Waals surface area (Å²) in [5.74, 6) is -1.45. The number of barbiturate groups is 1. The van der Waals surface area contributed by atoms with E-state index in [1.54, 1.807) is 24.3 Å². The fraction of sp³-hybridized carbons (Fsp3) is 0.0455. The quantitative estimate of drug-likeness (QED) is 0.270. The largest absolute Gasteiger partial charge is 0.456 e. The minimum atomic E-state index is -0.876. The standard InChI is InChI=1S/C22H14ClN3O6/c1-12-2-5-14(6-3-12)25-21(28)17(20(27)24-22(25)29)11-15-7-9-19(32-15)16-8-4-13(23)10-18(16)26(30)31/h2-11H,1H3,(H,24,27,29)/b17-11+. The number of urea groups is 1. The number of hydrogen-bond acceptors (Lipinski definition) is 6. The van der Waals surface area contributed by atoms with Crippen LogP contribution in [0.5, 0.6) is 0 Å². The second-order valence-corrected chi connectivity index (χ2v) is 7.35. The monoisotopic (exact) mass is 451 g/mol. The van der Waals surface area contributed by atoms with Gasteiger partial charge in [0.1, 0.15) is 17.1 Å². The lowest BCUT2D eigenvalue weighted by molar-refractivity contribution is -0.384. The zero-order valence-electron chi connectivity index (χ0n) is 16.5. The number of anilines is 1. The lowest BCUT2D eigenvalue weighted by Crippen LogP contribution is -2.54. The van der Waals surface area contributed by atoms with Crippen molar-refractivity contribution in [3.63, 3.8) is 0 Å². The Morgan fingerprint density at radius 3 is 2.47 bits per heavy atom. The molecule has 0 atom stereocenters. The molecular weight excluding hydrogens is 438 g/mol. The summed E-state index contributed by atoms with van der Waals surface area (Å²) in [7, 11) is 0. The van der Waals surface area contributed by atoms with E-state index < -0.39 is 22.8 Å². The highest BCUT2D eigenvalue weighted by molar-refractivity contribution is 6.39. The first-order chi connectivity index (χ1) is 15.2. The van der Waals surface area contributed by atoms with Gasteiger partial charge in [-0.15, -0.1) is 0 Å². The van der Waals surface area contributed by atoms with Crippen LogP contribution in [0.4, 0.5) is 16.2 Å². The number of rotatable bonds is 4. The number of nitro groups is 1. The van der Waals surface area contributed by atoms with Crippen molar-refractivity contribution in [1.29, 1.82) is 0 Å². The first-order valence-electron chi connectivity index (χ1n) is 9.27. The molecule has 0 saturated carbocycles. The maximum absolute atomic E-state index is 12.9. The van der Waals surface area contributed by atoms with Gasteiger partial charge in [-0.25, -0.2) is 9.69 Å². The normalized spacial score (nSPS) is 15.2. The first-order valence-corrected chi connectivity index (χ1v) is 9.64. The van der Waals surface area contributed by atoms with Gasteiger partial charge in [0.15, 0.2) is 0 Å². The van der Waals surface area contributed by atoms with Crippen LogP contribution in [0.1, 0.15) is 11.3 Å². The number of nitrogens with one attached hydrogen (secondary N) is 1. The minimum absolute atomic E-state index is 0.0981. The van der Waals surface area contributed by atoms with Gasteiger partial charge in [0, 0.05) is 11.1 Å². The van der Waals surface area contributed by atoms with E-state index in [1.165, 1.54) is 36.4 Å². The van der Waals surface area contributed by atoms with Crippen molar-refractivity contribution in [3.8, 4) is 11.3 Å². The number of benzene rings is 2. The summed E-state index contributed by atoms with van der Waals surface area (Å²) in [6.07, 6.45) is 1.18. The van der Waals surface area contributed by atoms with Gasteiger partial charge in [-0.05, 0) is 49.4 Å². The van der Waals surface area contributed by atoms with Crippen LogP contribution in [0.15, 0.2) is 64.6 Å². The molecule has 32 heavy (non-hydrogen) atoms. The van der Waals surface area contributed by atoms with Gasteiger partial charge in [-0.3, -0.25) is 25.0 Å². The molecule has 0 bridgehead atoms. The molecule has 9 nitrogen and oxygen atoms in total. The number of amides is 4.